The lowest BCUT2D eigenvalue weighted by Crippen LogP contribution is -2.20. The lowest BCUT2D eigenvalue weighted by atomic mass is 10.1. The lowest BCUT2D eigenvalue weighted by molar-refractivity contribution is 0.836. The van der Waals surface area contributed by atoms with Gasteiger partial charge in [0.1, 0.15) is 5.82 Å². The third-order valence-corrected chi connectivity index (χ3v) is 2.31. The summed E-state index contributed by atoms with van der Waals surface area (Å²) in [6.07, 6.45) is 4.86. The number of pyridine rings is 1. The Morgan fingerprint density at radius 2 is 2.06 bits per heavy atom. The van der Waals surface area contributed by atoms with Crippen molar-refractivity contribution in [3.63, 3.8) is 0 Å². The highest BCUT2D eigenvalue weighted by atomic mass is 15.2. The Balaban J connectivity index is 0.00000106. The van der Waals surface area contributed by atoms with Crippen LogP contribution in [0.25, 0.3) is 6.08 Å². The van der Waals surface area contributed by atoms with Crippen LogP contribution < -0.4 is 4.90 Å². The fraction of sp³-hybridized carbons (Fsp3) is 0.500. The summed E-state index contributed by atoms with van der Waals surface area (Å²) in [4.78, 5) is 6.55. The minimum Gasteiger partial charge on any atom is -0.359 e. The van der Waals surface area contributed by atoms with Gasteiger partial charge in [0.2, 0.25) is 0 Å². The van der Waals surface area contributed by atoms with Gasteiger partial charge in [-0.25, -0.2) is 4.98 Å². The molecular weight excluding hydrogens is 196 g/mol. The van der Waals surface area contributed by atoms with E-state index in [2.05, 4.69) is 37.4 Å². The van der Waals surface area contributed by atoms with E-state index in [0.717, 1.165) is 24.3 Å². The second-order valence-electron chi connectivity index (χ2n) is 3.49. The van der Waals surface area contributed by atoms with Crippen LogP contribution in [-0.4, -0.2) is 18.6 Å². The van der Waals surface area contributed by atoms with E-state index in [1.165, 1.54) is 5.56 Å². The molecule has 0 aliphatic rings. The molecule has 2 heteroatoms. The van der Waals surface area contributed by atoms with Crippen LogP contribution >= 0.6 is 0 Å². The van der Waals surface area contributed by atoms with Gasteiger partial charge in [-0.3, -0.25) is 0 Å². The number of aryl methyl sites for hydroxylation is 1. The topological polar surface area (TPSA) is 16.1 Å². The van der Waals surface area contributed by atoms with Gasteiger partial charge >= 0.3 is 0 Å². The molecule has 16 heavy (non-hydrogen) atoms. The number of nitrogens with zero attached hydrogens (tertiary/aromatic N) is 2. The van der Waals surface area contributed by atoms with Crippen LogP contribution in [0.1, 0.15) is 38.3 Å². The Morgan fingerprint density at radius 1 is 1.44 bits per heavy atom. The molecule has 0 N–H and O–H groups in total. The Morgan fingerprint density at radius 3 is 2.56 bits per heavy atom. The smallest absolute Gasteiger partial charge is 0.135 e. The quantitative estimate of drug-likeness (QED) is 0.765. The maximum atomic E-state index is 4.38. The van der Waals surface area contributed by atoms with Gasteiger partial charge < -0.3 is 4.90 Å². The van der Waals surface area contributed by atoms with Gasteiger partial charge in [-0.15, -0.1) is 0 Å². The average molecular weight is 220 g/mol. The van der Waals surface area contributed by atoms with Crippen molar-refractivity contribution in [2.45, 2.75) is 34.1 Å². The van der Waals surface area contributed by atoms with E-state index in [1.807, 2.05) is 32.2 Å². The van der Waals surface area contributed by atoms with Gasteiger partial charge in [0.25, 0.3) is 0 Å². The molecule has 1 rings (SSSR count). The Bertz CT molecular complexity index is 319. The van der Waals surface area contributed by atoms with Crippen LogP contribution in [0.3, 0.4) is 0 Å². The SMILES string of the molecule is C=Cc1c(C)ccnc1N(C)CCC.CC. The molecule has 1 aromatic rings. The Hall–Kier alpha value is -1.31. The van der Waals surface area contributed by atoms with Gasteiger partial charge in [-0.05, 0) is 25.0 Å². The van der Waals surface area contributed by atoms with Crippen LogP contribution in [0.5, 0.6) is 0 Å². The summed E-state index contributed by atoms with van der Waals surface area (Å²) >= 11 is 0. The zero-order valence-electron chi connectivity index (χ0n) is 11.2. The molecule has 0 aromatic carbocycles. The molecule has 0 radical (unpaired) electrons. The molecule has 2 nitrogen and oxygen atoms in total. The van der Waals surface area contributed by atoms with Crippen LogP contribution in [0, 0.1) is 6.92 Å². The number of aromatic nitrogens is 1. The van der Waals surface area contributed by atoms with Gasteiger partial charge in [0.15, 0.2) is 0 Å². The summed E-state index contributed by atoms with van der Waals surface area (Å²) in [5.41, 5.74) is 2.37. The van der Waals surface area contributed by atoms with E-state index in [1.54, 1.807) is 0 Å². The second kappa shape index (κ2) is 7.91. The van der Waals surface area contributed by atoms with Crippen molar-refractivity contribution >= 4 is 11.9 Å². The molecule has 0 amide bonds. The van der Waals surface area contributed by atoms with Crippen molar-refractivity contribution in [3.05, 3.63) is 30.0 Å². The van der Waals surface area contributed by atoms with Gasteiger partial charge in [0, 0.05) is 25.4 Å². The molecule has 0 spiro atoms. The summed E-state index contributed by atoms with van der Waals surface area (Å²) in [6.45, 7) is 13.1. The summed E-state index contributed by atoms with van der Waals surface area (Å²) < 4.78 is 0. The number of rotatable bonds is 4. The molecule has 90 valence electrons. The monoisotopic (exact) mass is 220 g/mol. The van der Waals surface area contributed by atoms with Crippen LogP contribution in [0.15, 0.2) is 18.8 Å². The van der Waals surface area contributed by atoms with E-state index in [0.29, 0.717) is 0 Å². The zero-order valence-corrected chi connectivity index (χ0v) is 11.2. The minimum atomic E-state index is 1.03. The third kappa shape index (κ3) is 3.69. The number of hydrogen-bond donors (Lipinski definition) is 0. The number of anilines is 1. The van der Waals surface area contributed by atoms with Gasteiger partial charge in [-0.2, -0.15) is 0 Å². The predicted molar refractivity (Wildman–Crippen MR) is 74.0 cm³/mol. The molecule has 0 aliphatic carbocycles. The van der Waals surface area contributed by atoms with Gasteiger partial charge in [-0.1, -0.05) is 33.4 Å². The van der Waals surface area contributed by atoms with E-state index in [4.69, 9.17) is 0 Å². The largest absolute Gasteiger partial charge is 0.359 e. The first-order valence-corrected chi connectivity index (χ1v) is 5.99. The van der Waals surface area contributed by atoms with E-state index < -0.39 is 0 Å². The normalized spacial score (nSPS) is 9.06. The first kappa shape index (κ1) is 14.7. The van der Waals surface area contributed by atoms with E-state index in [9.17, 15) is 0 Å². The summed E-state index contributed by atoms with van der Waals surface area (Å²) in [6, 6.07) is 2.01. The summed E-state index contributed by atoms with van der Waals surface area (Å²) in [5.74, 6) is 1.03. The maximum Gasteiger partial charge on any atom is 0.135 e. The second-order valence-corrected chi connectivity index (χ2v) is 3.49. The molecule has 0 aliphatic heterocycles. The summed E-state index contributed by atoms with van der Waals surface area (Å²) in [5, 5.41) is 0. The fourth-order valence-corrected chi connectivity index (χ4v) is 1.55. The molecule has 0 bridgehead atoms. The average Bonchev–Trinajstić information content (AvgIpc) is 2.31. The molecule has 0 fully saturated rings. The van der Waals surface area contributed by atoms with Crippen molar-refractivity contribution in [2.24, 2.45) is 0 Å². The highest BCUT2D eigenvalue weighted by Crippen LogP contribution is 2.20. The molecular formula is C14H24N2. The molecule has 1 aromatic heterocycles. The first-order valence-electron chi connectivity index (χ1n) is 5.99. The molecule has 0 atom stereocenters. The fourth-order valence-electron chi connectivity index (χ4n) is 1.55. The standard InChI is InChI=1S/C12H18N2.C2H6/c1-5-9-14(4)12-11(6-2)10(3)7-8-13-12;1-2/h6-8H,2,5,9H2,1,3-4H3;1-2H3. The Kier molecular flexibility index (Phi) is 7.27. The molecule has 0 saturated heterocycles. The highest BCUT2D eigenvalue weighted by Gasteiger charge is 2.07. The molecule has 0 unspecified atom stereocenters. The molecule has 0 saturated carbocycles. The minimum absolute atomic E-state index is 1.03. The lowest BCUT2D eigenvalue weighted by Gasteiger charge is -2.20. The summed E-state index contributed by atoms with van der Waals surface area (Å²) in [7, 11) is 2.07. The van der Waals surface area contributed by atoms with E-state index in [-0.39, 0.29) is 0 Å². The van der Waals surface area contributed by atoms with Crippen molar-refractivity contribution in [3.8, 4) is 0 Å². The van der Waals surface area contributed by atoms with Crippen molar-refractivity contribution in [2.75, 3.05) is 18.5 Å². The predicted octanol–water partition coefficient (Wildman–Crippen LogP) is 3.91. The zero-order chi connectivity index (χ0) is 12.6. The third-order valence-electron chi connectivity index (χ3n) is 2.31. The highest BCUT2D eigenvalue weighted by molar-refractivity contribution is 5.65. The maximum absolute atomic E-state index is 4.38. The van der Waals surface area contributed by atoms with Gasteiger partial charge in [0.05, 0.1) is 0 Å². The van der Waals surface area contributed by atoms with Crippen molar-refractivity contribution in [1.82, 2.24) is 4.98 Å². The van der Waals surface area contributed by atoms with Crippen LogP contribution in [0.4, 0.5) is 5.82 Å². The van der Waals surface area contributed by atoms with Crippen LogP contribution in [0.2, 0.25) is 0 Å². The van der Waals surface area contributed by atoms with Crippen LogP contribution in [-0.2, 0) is 0 Å². The molecule has 1 heterocycles. The Labute approximate surface area is 100 Å². The van der Waals surface area contributed by atoms with E-state index >= 15 is 0 Å². The number of hydrogen-bond acceptors (Lipinski definition) is 2. The first-order chi connectivity index (χ1) is 7.70. The van der Waals surface area contributed by atoms with Crippen molar-refractivity contribution < 1.29 is 0 Å². The van der Waals surface area contributed by atoms with Crippen molar-refractivity contribution in [1.29, 1.82) is 0 Å².